The van der Waals surface area contributed by atoms with Gasteiger partial charge in [0.1, 0.15) is 0 Å². The van der Waals surface area contributed by atoms with Crippen LogP contribution in [0.5, 0.6) is 0 Å². The van der Waals surface area contributed by atoms with Crippen LogP contribution in [0.25, 0.3) is 0 Å². The lowest BCUT2D eigenvalue weighted by Crippen LogP contribution is -2.51. The van der Waals surface area contributed by atoms with Gasteiger partial charge in [0.2, 0.25) is 0 Å². The Morgan fingerprint density at radius 1 is 1.23 bits per heavy atom. The second-order valence-electron chi connectivity index (χ2n) is 4.29. The van der Waals surface area contributed by atoms with E-state index in [0.29, 0.717) is 12.1 Å². The molecule has 13 heavy (non-hydrogen) atoms. The monoisotopic (exact) mass is 184 g/mol. The van der Waals surface area contributed by atoms with Crippen molar-refractivity contribution in [2.45, 2.75) is 31.2 Å². The molecule has 0 aromatic rings. The van der Waals surface area contributed by atoms with Gasteiger partial charge in [0.05, 0.1) is 6.61 Å². The van der Waals surface area contributed by atoms with Crippen molar-refractivity contribution < 1.29 is 5.11 Å². The largest absolute Gasteiger partial charge is 0.395 e. The van der Waals surface area contributed by atoms with Gasteiger partial charge in [-0.15, -0.1) is 0 Å². The first-order valence-corrected chi connectivity index (χ1v) is 5.44. The van der Waals surface area contributed by atoms with E-state index in [1.165, 1.54) is 32.2 Å². The number of hydrogen-bond acceptors (Lipinski definition) is 3. The summed E-state index contributed by atoms with van der Waals surface area (Å²) in [4.78, 5) is 2.51. The molecular weight excluding hydrogens is 164 g/mol. The number of nitrogens with one attached hydrogen (secondary N) is 1. The Labute approximate surface area is 80.1 Å². The molecule has 2 aliphatic heterocycles. The van der Waals surface area contributed by atoms with Crippen LogP contribution >= 0.6 is 0 Å². The summed E-state index contributed by atoms with van der Waals surface area (Å²) in [6.07, 6.45) is 5.20. The van der Waals surface area contributed by atoms with Gasteiger partial charge in [0.15, 0.2) is 0 Å². The zero-order valence-electron chi connectivity index (χ0n) is 8.26. The van der Waals surface area contributed by atoms with Crippen LogP contribution in [0, 0.1) is 0 Å². The average Bonchev–Trinajstić information content (AvgIpc) is 2.52. The van der Waals surface area contributed by atoms with Gasteiger partial charge in [-0.25, -0.2) is 0 Å². The van der Waals surface area contributed by atoms with Gasteiger partial charge in [0.25, 0.3) is 0 Å². The molecule has 2 fully saturated rings. The van der Waals surface area contributed by atoms with Gasteiger partial charge in [-0.2, -0.15) is 0 Å². The fourth-order valence-electron chi connectivity index (χ4n) is 2.92. The van der Waals surface area contributed by atoms with Crippen molar-refractivity contribution in [3.63, 3.8) is 0 Å². The molecule has 0 aromatic carbocycles. The Morgan fingerprint density at radius 2 is 2.00 bits per heavy atom. The smallest absolute Gasteiger partial charge is 0.0558 e. The number of piperidine rings is 1. The molecule has 2 aliphatic rings. The number of likely N-dealkylation sites (tertiary alicyclic amines) is 1. The molecule has 0 unspecified atom stereocenters. The van der Waals surface area contributed by atoms with Gasteiger partial charge in [-0.3, -0.25) is 4.90 Å². The van der Waals surface area contributed by atoms with Crippen LogP contribution in [0.4, 0.5) is 0 Å². The highest BCUT2D eigenvalue weighted by molar-refractivity contribution is 4.98. The van der Waals surface area contributed by atoms with Gasteiger partial charge < -0.3 is 10.4 Å². The van der Waals surface area contributed by atoms with Crippen LogP contribution in [0.3, 0.4) is 0 Å². The predicted octanol–water partition coefficient (Wildman–Crippen LogP) is 0.197. The van der Waals surface area contributed by atoms with Gasteiger partial charge >= 0.3 is 0 Å². The highest BCUT2D eigenvalue weighted by atomic mass is 16.3. The number of aliphatic hydroxyl groups excluding tert-OH is 1. The summed E-state index contributed by atoms with van der Waals surface area (Å²) in [6, 6.07) is 0. The molecule has 0 bridgehead atoms. The lowest BCUT2D eigenvalue weighted by Gasteiger charge is -2.41. The number of aliphatic hydroxyl groups is 1. The molecule has 3 heteroatoms. The summed E-state index contributed by atoms with van der Waals surface area (Å²) in [5.41, 5.74) is 0.452. The molecule has 0 radical (unpaired) electrons. The van der Waals surface area contributed by atoms with E-state index >= 15 is 0 Å². The van der Waals surface area contributed by atoms with Crippen molar-refractivity contribution >= 4 is 0 Å². The number of β-amino-alcohol motifs (C(OH)–C–C–N with tert-alkyl or cyclic N) is 1. The molecule has 2 saturated heterocycles. The quantitative estimate of drug-likeness (QED) is 0.643. The Bertz CT molecular complexity index is 166. The summed E-state index contributed by atoms with van der Waals surface area (Å²) in [6.45, 7) is 4.69. The molecule has 0 aromatic heterocycles. The Kier molecular flexibility index (Phi) is 2.86. The van der Waals surface area contributed by atoms with Crippen LogP contribution in [0.2, 0.25) is 0 Å². The van der Waals surface area contributed by atoms with E-state index in [2.05, 4.69) is 10.2 Å². The number of rotatable bonds is 2. The Balaban J connectivity index is 2.00. The van der Waals surface area contributed by atoms with Crippen molar-refractivity contribution in [2.24, 2.45) is 0 Å². The third kappa shape index (κ3) is 1.73. The Hall–Kier alpha value is -0.120. The number of nitrogens with zero attached hydrogens (tertiary/aromatic N) is 1. The molecule has 1 spiro atoms. The van der Waals surface area contributed by atoms with Gasteiger partial charge in [-0.05, 0) is 45.3 Å². The maximum atomic E-state index is 8.98. The molecule has 0 atom stereocenters. The summed E-state index contributed by atoms with van der Waals surface area (Å²) >= 11 is 0. The van der Waals surface area contributed by atoms with Crippen molar-refractivity contribution in [2.75, 3.05) is 32.8 Å². The standard InChI is InChI=1S/C10H20N2O/c13-9-8-12-7-1-2-10(12)3-5-11-6-4-10/h11,13H,1-9H2. The van der Waals surface area contributed by atoms with Gasteiger partial charge in [0, 0.05) is 12.1 Å². The average molecular weight is 184 g/mol. The first kappa shape index (κ1) is 9.44. The molecule has 0 saturated carbocycles. The third-order valence-electron chi connectivity index (χ3n) is 3.65. The van der Waals surface area contributed by atoms with E-state index in [9.17, 15) is 0 Å². The van der Waals surface area contributed by atoms with Crippen molar-refractivity contribution in [1.29, 1.82) is 0 Å². The van der Waals surface area contributed by atoms with Crippen LogP contribution in [-0.2, 0) is 0 Å². The second-order valence-corrected chi connectivity index (χ2v) is 4.29. The summed E-state index contributed by atoms with van der Waals surface area (Å²) in [5, 5.41) is 12.4. The zero-order chi connectivity index (χ0) is 9.15. The highest BCUT2D eigenvalue weighted by Gasteiger charge is 2.40. The van der Waals surface area contributed by atoms with Crippen molar-refractivity contribution in [3.05, 3.63) is 0 Å². The summed E-state index contributed by atoms with van der Waals surface area (Å²) in [7, 11) is 0. The summed E-state index contributed by atoms with van der Waals surface area (Å²) < 4.78 is 0. The van der Waals surface area contributed by atoms with E-state index in [-0.39, 0.29) is 0 Å². The minimum Gasteiger partial charge on any atom is -0.395 e. The molecule has 2 N–H and O–H groups in total. The van der Waals surface area contributed by atoms with Crippen molar-refractivity contribution in [1.82, 2.24) is 10.2 Å². The van der Waals surface area contributed by atoms with E-state index in [1.807, 2.05) is 0 Å². The fourth-order valence-corrected chi connectivity index (χ4v) is 2.92. The van der Waals surface area contributed by atoms with Crippen LogP contribution in [0.1, 0.15) is 25.7 Å². The van der Waals surface area contributed by atoms with Crippen LogP contribution < -0.4 is 5.32 Å². The van der Waals surface area contributed by atoms with E-state index in [1.54, 1.807) is 0 Å². The van der Waals surface area contributed by atoms with Gasteiger partial charge in [-0.1, -0.05) is 0 Å². The molecule has 0 aliphatic carbocycles. The highest BCUT2D eigenvalue weighted by Crippen LogP contribution is 2.36. The third-order valence-corrected chi connectivity index (χ3v) is 3.65. The Morgan fingerprint density at radius 3 is 2.69 bits per heavy atom. The first-order valence-electron chi connectivity index (χ1n) is 5.44. The van der Waals surface area contributed by atoms with Crippen LogP contribution in [-0.4, -0.2) is 48.3 Å². The lowest BCUT2D eigenvalue weighted by atomic mass is 9.86. The molecule has 0 amide bonds. The summed E-state index contributed by atoms with van der Waals surface area (Å²) in [5.74, 6) is 0. The minimum atomic E-state index is 0.315. The zero-order valence-corrected chi connectivity index (χ0v) is 8.26. The SMILES string of the molecule is OCCN1CCCC12CCNCC2. The van der Waals surface area contributed by atoms with Crippen LogP contribution in [0.15, 0.2) is 0 Å². The molecule has 2 rings (SSSR count). The predicted molar refractivity (Wildman–Crippen MR) is 52.7 cm³/mol. The number of hydrogen-bond donors (Lipinski definition) is 2. The maximum Gasteiger partial charge on any atom is 0.0558 e. The maximum absolute atomic E-state index is 8.98. The lowest BCUT2D eigenvalue weighted by molar-refractivity contribution is 0.0799. The molecule has 76 valence electrons. The van der Waals surface area contributed by atoms with E-state index < -0.39 is 0 Å². The first-order chi connectivity index (χ1) is 6.37. The molecule has 2 heterocycles. The van der Waals surface area contributed by atoms with Crippen molar-refractivity contribution in [3.8, 4) is 0 Å². The van der Waals surface area contributed by atoms with E-state index in [0.717, 1.165) is 19.6 Å². The molecule has 3 nitrogen and oxygen atoms in total. The molecular formula is C10H20N2O. The topological polar surface area (TPSA) is 35.5 Å². The normalized spacial score (nSPS) is 28.4. The fraction of sp³-hybridized carbons (Fsp3) is 1.00. The second kappa shape index (κ2) is 3.95. The minimum absolute atomic E-state index is 0.315. The van der Waals surface area contributed by atoms with E-state index in [4.69, 9.17) is 5.11 Å².